The monoisotopic (exact) mass is 580 g/mol. The number of anilines is 1. The summed E-state index contributed by atoms with van der Waals surface area (Å²) >= 11 is 0. The van der Waals surface area contributed by atoms with E-state index in [0.29, 0.717) is 40.0 Å². The Morgan fingerprint density at radius 1 is 1.22 bits per heavy atom. The number of sulfone groups is 1. The zero-order chi connectivity index (χ0) is 29.9. The van der Waals surface area contributed by atoms with Gasteiger partial charge in [0.1, 0.15) is 17.4 Å². The van der Waals surface area contributed by atoms with Gasteiger partial charge >= 0.3 is 0 Å². The van der Waals surface area contributed by atoms with Crippen LogP contribution in [0.5, 0.6) is 5.88 Å². The molecule has 1 aliphatic carbocycles. The SMILES string of the molecule is C=N/C(=C\C=C(/C)S(=O)(=O)CC)CNc1nc2cnc(-c3c(OC)ncnc3C3CC3)nc2n([C@H](C)C(C)C)c1=O. The van der Waals surface area contributed by atoms with Gasteiger partial charge in [-0.3, -0.25) is 14.4 Å². The lowest BCUT2D eigenvalue weighted by atomic mass is 10.1. The van der Waals surface area contributed by atoms with E-state index < -0.39 is 9.84 Å². The molecular weight excluding hydrogens is 544 g/mol. The molecule has 13 heteroatoms. The van der Waals surface area contributed by atoms with Gasteiger partial charge in [0, 0.05) is 16.9 Å². The largest absolute Gasteiger partial charge is 0.480 e. The fraction of sp³-hybridized carbons (Fsp3) is 0.464. The van der Waals surface area contributed by atoms with Crippen LogP contribution in [0, 0.1) is 5.92 Å². The number of ether oxygens (including phenoxy) is 1. The van der Waals surface area contributed by atoms with Crippen LogP contribution < -0.4 is 15.6 Å². The number of methoxy groups -OCH3 is 1. The van der Waals surface area contributed by atoms with Gasteiger partial charge in [-0.25, -0.2) is 33.3 Å². The first-order valence-corrected chi connectivity index (χ1v) is 15.2. The average Bonchev–Trinajstić information content (AvgIpc) is 3.81. The highest BCUT2D eigenvalue weighted by atomic mass is 32.2. The topological polar surface area (TPSA) is 154 Å². The second-order valence-corrected chi connectivity index (χ2v) is 12.7. The summed E-state index contributed by atoms with van der Waals surface area (Å²) in [6.45, 7) is 12.8. The molecule has 1 saturated carbocycles. The van der Waals surface area contributed by atoms with E-state index in [0.717, 1.165) is 18.5 Å². The molecule has 0 bridgehead atoms. The predicted molar refractivity (Wildman–Crippen MR) is 160 cm³/mol. The molecule has 0 unspecified atom stereocenters. The predicted octanol–water partition coefficient (Wildman–Crippen LogP) is 4.08. The van der Waals surface area contributed by atoms with E-state index in [9.17, 15) is 13.2 Å². The molecule has 1 N–H and O–H groups in total. The maximum Gasteiger partial charge on any atom is 0.295 e. The van der Waals surface area contributed by atoms with Crippen molar-refractivity contribution in [3.63, 3.8) is 0 Å². The summed E-state index contributed by atoms with van der Waals surface area (Å²) < 4.78 is 31.3. The number of hydrogen-bond donors (Lipinski definition) is 1. The normalized spacial score (nSPS) is 15.3. The standard InChI is InChI=1S/C28H36N8O4S/c1-8-41(38,39)17(4)9-12-20(29-6)13-30-25-28(37)36(18(5)16(2)3)26-21(34-25)14-31-24(35-26)22-23(19-10-11-19)32-15-33-27(22)40-7/h9,12,14-16,18-19H,6,8,10-11,13H2,1-5,7H3,(H,30,34)/b17-9+,20-12-/t18-/m1/s1. The highest BCUT2D eigenvalue weighted by molar-refractivity contribution is 7.95. The van der Waals surface area contributed by atoms with Crippen LogP contribution in [-0.4, -0.2) is 64.0 Å². The summed E-state index contributed by atoms with van der Waals surface area (Å²) in [4.78, 5) is 40.7. The summed E-state index contributed by atoms with van der Waals surface area (Å²) in [6, 6.07) is -0.217. The van der Waals surface area contributed by atoms with E-state index in [1.807, 2.05) is 20.8 Å². The van der Waals surface area contributed by atoms with Gasteiger partial charge in [-0.05, 0) is 51.5 Å². The molecule has 0 aromatic carbocycles. The van der Waals surface area contributed by atoms with E-state index in [1.165, 1.54) is 19.3 Å². The van der Waals surface area contributed by atoms with Crippen molar-refractivity contribution in [3.8, 4) is 17.3 Å². The smallest absolute Gasteiger partial charge is 0.295 e. The summed E-state index contributed by atoms with van der Waals surface area (Å²) in [6.07, 6.45) is 8.14. The molecule has 12 nitrogen and oxygen atoms in total. The highest BCUT2D eigenvalue weighted by Gasteiger charge is 2.32. The van der Waals surface area contributed by atoms with Crippen LogP contribution in [0.25, 0.3) is 22.6 Å². The van der Waals surface area contributed by atoms with Crippen LogP contribution in [0.3, 0.4) is 0 Å². The number of rotatable bonds is 12. The van der Waals surface area contributed by atoms with E-state index in [4.69, 9.17) is 9.72 Å². The van der Waals surface area contributed by atoms with E-state index >= 15 is 0 Å². The molecule has 0 amide bonds. The number of hydrogen-bond acceptors (Lipinski definition) is 11. The first-order chi connectivity index (χ1) is 19.5. The molecule has 3 aromatic heterocycles. The molecule has 3 heterocycles. The van der Waals surface area contributed by atoms with Crippen molar-refractivity contribution in [1.29, 1.82) is 0 Å². The van der Waals surface area contributed by atoms with Crippen molar-refractivity contribution in [2.45, 2.75) is 59.4 Å². The van der Waals surface area contributed by atoms with Crippen LogP contribution >= 0.6 is 0 Å². The maximum atomic E-state index is 13.8. The number of aromatic nitrogens is 6. The maximum absolute atomic E-state index is 13.8. The van der Waals surface area contributed by atoms with Gasteiger partial charge in [-0.15, -0.1) is 0 Å². The Kier molecular flexibility index (Phi) is 8.95. The minimum atomic E-state index is -3.32. The Labute approximate surface area is 239 Å². The average molecular weight is 581 g/mol. The molecule has 0 spiro atoms. The number of nitrogens with one attached hydrogen (secondary N) is 1. The van der Waals surface area contributed by atoms with Crippen molar-refractivity contribution in [1.82, 2.24) is 29.5 Å². The molecule has 0 saturated heterocycles. The summed E-state index contributed by atoms with van der Waals surface area (Å²) in [5, 5.41) is 3.04. The van der Waals surface area contributed by atoms with Crippen LogP contribution in [0.2, 0.25) is 0 Å². The number of allylic oxidation sites excluding steroid dienone is 3. The molecule has 3 aromatic rings. The number of aliphatic imine (C=N–C) groups is 1. The number of fused-ring (bicyclic) bond motifs is 1. The Hall–Kier alpha value is -4.00. The molecule has 0 aliphatic heterocycles. The lowest BCUT2D eigenvalue weighted by Gasteiger charge is -2.22. The molecule has 4 rings (SSSR count). The quantitative estimate of drug-likeness (QED) is 0.245. The van der Waals surface area contributed by atoms with Crippen LogP contribution in [0.4, 0.5) is 5.82 Å². The summed E-state index contributed by atoms with van der Waals surface area (Å²) in [7, 11) is -1.78. The fourth-order valence-electron chi connectivity index (χ4n) is 4.21. The molecule has 1 fully saturated rings. The van der Waals surface area contributed by atoms with Crippen molar-refractivity contribution < 1.29 is 13.2 Å². The third kappa shape index (κ3) is 6.34. The lowest BCUT2D eigenvalue weighted by Crippen LogP contribution is -2.31. The Morgan fingerprint density at radius 3 is 2.56 bits per heavy atom. The van der Waals surface area contributed by atoms with Crippen LogP contribution in [0.15, 0.2) is 45.1 Å². The molecule has 41 heavy (non-hydrogen) atoms. The lowest BCUT2D eigenvalue weighted by molar-refractivity contribution is 0.397. The third-order valence-electron chi connectivity index (χ3n) is 7.25. The minimum Gasteiger partial charge on any atom is -0.480 e. The molecule has 218 valence electrons. The van der Waals surface area contributed by atoms with E-state index in [1.54, 1.807) is 30.9 Å². The third-order valence-corrected chi connectivity index (χ3v) is 9.13. The zero-order valence-electron chi connectivity index (χ0n) is 24.2. The molecule has 1 aliphatic rings. The van der Waals surface area contributed by atoms with Gasteiger partial charge in [0.2, 0.25) is 5.88 Å². The van der Waals surface area contributed by atoms with Crippen molar-refractivity contribution in [2.24, 2.45) is 10.9 Å². The van der Waals surface area contributed by atoms with Crippen LogP contribution in [-0.2, 0) is 9.84 Å². The molecule has 0 radical (unpaired) electrons. The Bertz CT molecular complexity index is 1690. The van der Waals surface area contributed by atoms with E-state index in [-0.39, 0.29) is 40.5 Å². The van der Waals surface area contributed by atoms with Gasteiger partial charge in [0.05, 0.1) is 37.0 Å². The van der Waals surface area contributed by atoms with Gasteiger partial charge in [0.15, 0.2) is 27.1 Å². The Morgan fingerprint density at radius 2 is 1.95 bits per heavy atom. The van der Waals surface area contributed by atoms with Crippen molar-refractivity contribution in [2.75, 3.05) is 24.7 Å². The van der Waals surface area contributed by atoms with E-state index in [2.05, 4.69) is 37.0 Å². The van der Waals surface area contributed by atoms with Gasteiger partial charge < -0.3 is 10.1 Å². The summed E-state index contributed by atoms with van der Waals surface area (Å²) in [5.41, 5.74) is 2.36. The molecule has 1 atom stereocenters. The van der Waals surface area contributed by atoms with Crippen molar-refractivity contribution in [3.05, 3.63) is 51.3 Å². The second-order valence-electron chi connectivity index (χ2n) is 10.3. The first-order valence-electron chi connectivity index (χ1n) is 13.5. The number of nitrogens with zero attached hydrogens (tertiary/aromatic N) is 7. The van der Waals surface area contributed by atoms with Gasteiger partial charge in [-0.2, -0.15) is 0 Å². The Balaban J connectivity index is 1.79. The fourth-order valence-corrected chi connectivity index (χ4v) is 4.94. The van der Waals surface area contributed by atoms with Crippen molar-refractivity contribution >= 4 is 33.5 Å². The first kappa shape index (κ1) is 30.0. The van der Waals surface area contributed by atoms with Gasteiger partial charge in [0.25, 0.3) is 5.56 Å². The molecular formula is C28H36N8O4S. The van der Waals surface area contributed by atoms with Crippen LogP contribution in [0.1, 0.15) is 65.1 Å². The zero-order valence-corrected chi connectivity index (χ0v) is 25.1. The highest BCUT2D eigenvalue weighted by Crippen LogP contribution is 2.44. The second kappa shape index (κ2) is 12.2. The summed E-state index contributed by atoms with van der Waals surface area (Å²) in [5.74, 6) is 1.25. The van der Waals surface area contributed by atoms with Gasteiger partial charge in [-0.1, -0.05) is 20.8 Å². The minimum absolute atomic E-state index is 0.00260.